The number of benzene rings is 1. The Balaban J connectivity index is 0. The number of carbonyl (C=O) groups excluding carboxylic acids is 1. The maximum atomic E-state index is 12.0. The van der Waals surface area contributed by atoms with Gasteiger partial charge >= 0.3 is 18.1 Å². The van der Waals surface area contributed by atoms with Gasteiger partial charge in [-0.1, -0.05) is 72.7 Å². The number of ether oxygens (including phenoxy) is 1. The molecule has 4 nitrogen and oxygen atoms in total. The Morgan fingerprint density at radius 1 is 0.833 bits per heavy atom. The number of halogens is 3. The molecule has 0 heterocycles. The predicted molar refractivity (Wildman–Crippen MR) is 141 cm³/mol. The summed E-state index contributed by atoms with van der Waals surface area (Å²) in [5.41, 5.74) is 1.75. The first kappa shape index (κ1) is 36.1. The smallest absolute Gasteiger partial charge is 0.425 e. The molecule has 1 aromatic rings. The minimum atomic E-state index is -4.49. The molecule has 2 unspecified atom stereocenters. The molecule has 0 saturated carbocycles. The van der Waals surface area contributed by atoms with Crippen molar-refractivity contribution in [3.8, 4) is 0 Å². The molecular weight excluding hydrogens is 469 g/mol. The SMILES string of the molecule is CCC(C)(C)C(=O)O.CCC(C)(C)C(=O)OC(C)C(F)(F)F.CCC(C)c1ccc(C(C)(C)C)cc1. The molecule has 0 amide bonds. The van der Waals surface area contributed by atoms with Crippen LogP contribution in [0.2, 0.25) is 0 Å². The molecule has 0 spiro atoms. The minimum Gasteiger partial charge on any atom is -0.481 e. The number of carboxylic acids is 1. The van der Waals surface area contributed by atoms with Gasteiger partial charge in [-0.3, -0.25) is 9.59 Å². The van der Waals surface area contributed by atoms with Crippen molar-refractivity contribution in [2.45, 2.75) is 126 Å². The van der Waals surface area contributed by atoms with Crippen molar-refractivity contribution in [2.75, 3.05) is 0 Å². The Hall–Kier alpha value is -2.05. The predicted octanol–water partition coefficient (Wildman–Crippen LogP) is 8.92. The van der Waals surface area contributed by atoms with Gasteiger partial charge in [0.15, 0.2) is 6.10 Å². The van der Waals surface area contributed by atoms with Gasteiger partial charge in [0.25, 0.3) is 0 Å². The van der Waals surface area contributed by atoms with Gasteiger partial charge in [0.05, 0.1) is 10.8 Å². The van der Waals surface area contributed by atoms with Crippen molar-refractivity contribution < 1.29 is 32.6 Å². The standard InChI is InChI=1S/C14H22.C9H15F3O2.C6H12O2/c1-6-11(2)12-7-9-13(10-8-12)14(3,4)5;1-5-8(3,4)7(13)14-6(2)9(10,11)12;1-4-6(2,3)5(7)8/h7-11H,6H2,1-5H3;6H,5H2,1-4H3;4H2,1-3H3,(H,7,8). The van der Waals surface area contributed by atoms with Crippen LogP contribution in [0.1, 0.15) is 119 Å². The van der Waals surface area contributed by atoms with Crippen LogP contribution in [0.4, 0.5) is 13.2 Å². The molecule has 7 heteroatoms. The monoisotopic (exact) mass is 518 g/mol. The van der Waals surface area contributed by atoms with Crippen molar-refractivity contribution in [3.05, 3.63) is 35.4 Å². The lowest BCUT2D eigenvalue weighted by atomic mass is 9.85. The summed E-state index contributed by atoms with van der Waals surface area (Å²) in [6, 6.07) is 9.08. The first-order chi connectivity index (χ1) is 16.1. The van der Waals surface area contributed by atoms with Crippen molar-refractivity contribution in [1.82, 2.24) is 0 Å². The van der Waals surface area contributed by atoms with E-state index < -0.39 is 35.0 Å². The van der Waals surface area contributed by atoms with Crippen LogP contribution in [0, 0.1) is 10.8 Å². The molecule has 0 fully saturated rings. The van der Waals surface area contributed by atoms with E-state index in [4.69, 9.17) is 5.11 Å². The molecule has 0 radical (unpaired) electrons. The van der Waals surface area contributed by atoms with Gasteiger partial charge < -0.3 is 9.84 Å². The second kappa shape index (κ2) is 14.6. The van der Waals surface area contributed by atoms with E-state index in [2.05, 4.69) is 63.6 Å². The lowest BCUT2D eigenvalue weighted by molar-refractivity contribution is -0.221. The second-order valence-electron chi connectivity index (χ2n) is 11.6. The maximum Gasteiger partial charge on any atom is 0.425 e. The largest absolute Gasteiger partial charge is 0.481 e. The molecule has 0 aliphatic rings. The van der Waals surface area contributed by atoms with Crippen molar-refractivity contribution in [3.63, 3.8) is 0 Å². The number of carbonyl (C=O) groups is 2. The van der Waals surface area contributed by atoms with Gasteiger partial charge in [-0.25, -0.2) is 0 Å². The summed E-state index contributed by atoms with van der Waals surface area (Å²) in [6.45, 7) is 22.2. The molecular formula is C29H49F3O4. The highest BCUT2D eigenvalue weighted by atomic mass is 19.4. The lowest BCUT2D eigenvalue weighted by Gasteiger charge is -2.24. The van der Waals surface area contributed by atoms with E-state index in [1.54, 1.807) is 34.6 Å². The zero-order valence-corrected chi connectivity index (χ0v) is 24.4. The molecule has 2 atom stereocenters. The quantitative estimate of drug-likeness (QED) is 0.366. The van der Waals surface area contributed by atoms with Gasteiger partial charge in [-0.2, -0.15) is 13.2 Å². The Labute approximate surface area is 217 Å². The Bertz CT molecular complexity index is 788. The van der Waals surface area contributed by atoms with Gasteiger partial charge in [0.1, 0.15) is 0 Å². The Morgan fingerprint density at radius 3 is 1.50 bits per heavy atom. The Kier molecular flexibility index (Phi) is 14.7. The van der Waals surface area contributed by atoms with Crippen molar-refractivity contribution in [2.24, 2.45) is 10.8 Å². The molecule has 0 aromatic heterocycles. The third-order valence-corrected chi connectivity index (χ3v) is 6.60. The van der Waals surface area contributed by atoms with E-state index in [9.17, 15) is 22.8 Å². The van der Waals surface area contributed by atoms with E-state index in [0.717, 1.165) is 6.92 Å². The summed E-state index contributed by atoms with van der Waals surface area (Å²) in [6.07, 6.45) is -4.19. The fourth-order valence-corrected chi connectivity index (χ4v) is 2.23. The highest BCUT2D eigenvalue weighted by Crippen LogP contribution is 2.28. The molecule has 1 N–H and O–H groups in total. The van der Waals surface area contributed by atoms with Gasteiger partial charge in [-0.15, -0.1) is 0 Å². The number of hydrogen-bond donors (Lipinski definition) is 1. The average molecular weight is 519 g/mol. The van der Waals surface area contributed by atoms with E-state index >= 15 is 0 Å². The van der Waals surface area contributed by atoms with Crippen LogP contribution < -0.4 is 0 Å². The van der Waals surface area contributed by atoms with E-state index in [0.29, 0.717) is 18.8 Å². The van der Waals surface area contributed by atoms with Gasteiger partial charge in [0.2, 0.25) is 0 Å². The molecule has 1 rings (SSSR count). The molecule has 0 saturated heterocycles. The summed E-state index contributed by atoms with van der Waals surface area (Å²) in [4.78, 5) is 21.5. The normalized spacial score (nSPS) is 13.9. The van der Waals surface area contributed by atoms with Crippen LogP contribution in [0.15, 0.2) is 24.3 Å². The van der Waals surface area contributed by atoms with Gasteiger partial charge in [0, 0.05) is 0 Å². The zero-order chi connectivity index (χ0) is 29.1. The van der Waals surface area contributed by atoms with Crippen LogP contribution >= 0.6 is 0 Å². The van der Waals surface area contributed by atoms with Crippen molar-refractivity contribution >= 4 is 11.9 Å². The third-order valence-electron chi connectivity index (χ3n) is 6.60. The highest BCUT2D eigenvalue weighted by molar-refractivity contribution is 5.76. The highest BCUT2D eigenvalue weighted by Gasteiger charge is 2.41. The van der Waals surface area contributed by atoms with Crippen LogP contribution in [-0.4, -0.2) is 29.3 Å². The van der Waals surface area contributed by atoms with Gasteiger partial charge in [-0.05, 0) is 76.3 Å². The van der Waals surface area contributed by atoms with Crippen LogP contribution in [0.5, 0.6) is 0 Å². The fraction of sp³-hybridized carbons (Fsp3) is 0.724. The van der Waals surface area contributed by atoms with E-state index in [-0.39, 0.29) is 5.41 Å². The number of hydrogen-bond acceptors (Lipinski definition) is 3. The molecule has 1 aromatic carbocycles. The van der Waals surface area contributed by atoms with E-state index in [1.807, 2.05) is 6.92 Å². The van der Waals surface area contributed by atoms with Crippen molar-refractivity contribution in [1.29, 1.82) is 0 Å². The van der Waals surface area contributed by atoms with Crippen LogP contribution in [-0.2, 0) is 19.7 Å². The summed E-state index contributed by atoms with van der Waals surface area (Å²) in [5.74, 6) is -0.853. The number of esters is 1. The first-order valence-corrected chi connectivity index (χ1v) is 12.7. The molecule has 36 heavy (non-hydrogen) atoms. The average Bonchev–Trinajstić information content (AvgIpc) is 2.78. The number of rotatable bonds is 7. The lowest BCUT2D eigenvalue weighted by Crippen LogP contribution is -2.36. The third kappa shape index (κ3) is 13.3. The molecule has 0 bridgehead atoms. The number of carboxylic acid groups (broad SMARTS) is 1. The van der Waals surface area contributed by atoms with Crippen LogP contribution in [0.3, 0.4) is 0 Å². The summed E-state index contributed by atoms with van der Waals surface area (Å²) in [7, 11) is 0. The topological polar surface area (TPSA) is 63.6 Å². The molecule has 210 valence electrons. The maximum absolute atomic E-state index is 12.0. The van der Waals surface area contributed by atoms with Crippen LogP contribution in [0.25, 0.3) is 0 Å². The summed E-state index contributed by atoms with van der Waals surface area (Å²) < 4.78 is 40.4. The summed E-state index contributed by atoms with van der Waals surface area (Å²) >= 11 is 0. The zero-order valence-electron chi connectivity index (χ0n) is 24.4. The second-order valence-corrected chi connectivity index (χ2v) is 11.6. The number of aliphatic carboxylic acids is 1. The molecule has 0 aliphatic heterocycles. The minimum absolute atomic E-state index is 0.272. The summed E-state index contributed by atoms with van der Waals surface area (Å²) in [5, 5.41) is 8.44. The number of alkyl halides is 3. The molecule has 0 aliphatic carbocycles. The first-order valence-electron chi connectivity index (χ1n) is 12.7. The Morgan fingerprint density at radius 2 is 1.25 bits per heavy atom. The van der Waals surface area contributed by atoms with E-state index in [1.165, 1.54) is 17.5 Å². The fourth-order valence-electron chi connectivity index (χ4n) is 2.23.